The number of amides is 3. The molecule has 1 spiro atoms. The number of aliphatic hydroxyl groups excluding tert-OH is 1. The SMILES string of the molecule is CCCN1CC=C[C@@]2(C)S[C@]34C=CCN(c5ccc(N(CC)CC)cc5)C(=O)C3N(CCCCCCO)C(=O)[C@@H]4[C@H]2C1=O. The summed E-state index contributed by atoms with van der Waals surface area (Å²) in [6.07, 6.45) is 12.4. The second kappa shape index (κ2) is 13.1. The van der Waals surface area contributed by atoms with Gasteiger partial charge in [-0.2, -0.15) is 0 Å². The maximum absolute atomic E-state index is 14.7. The van der Waals surface area contributed by atoms with Crippen LogP contribution >= 0.6 is 11.8 Å². The zero-order valence-corrected chi connectivity index (χ0v) is 27.0. The van der Waals surface area contributed by atoms with Crippen LogP contribution in [0.15, 0.2) is 48.6 Å². The highest BCUT2D eigenvalue weighted by Crippen LogP contribution is 2.65. The van der Waals surface area contributed by atoms with Gasteiger partial charge in [-0.25, -0.2) is 0 Å². The molecule has 1 N–H and O–H groups in total. The molecule has 0 aliphatic carbocycles. The van der Waals surface area contributed by atoms with Gasteiger partial charge in [0.15, 0.2) is 0 Å². The van der Waals surface area contributed by atoms with E-state index >= 15 is 0 Å². The molecule has 1 aromatic carbocycles. The van der Waals surface area contributed by atoms with Crippen LogP contribution in [0.1, 0.15) is 59.8 Å². The second-order valence-corrected chi connectivity index (χ2v) is 14.2. The van der Waals surface area contributed by atoms with Crippen LogP contribution in [-0.4, -0.2) is 94.0 Å². The molecule has 2 fully saturated rings. The number of hydrogen-bond donors (Lipinski definition) is 1. The van der Waals surface area contributed by atoms with Gasteiger partial charge >= 0.3 is 0 Å². The van der Waals surface area contributed by atoms with Gasteiger partial charge in [-0.05, 0) is 64.3 Å². The zero-order valence-electron chi connectivity index (χ0n) is 26.2. The number of nitrogens with zero attached hydrogens (tertiary/aromatic N) is 4. The van der Waals surface area contributed by atoms with E-state index in [9.17, 15) is 19.5 Å². The molecule has 4 aliphatic heterocycles. The number of fused-ring (bicyclic) bond motifs is 2. The molecule has 43 heavy (non-hydrogen) atoms. The van der Waals surface area contributed by atoms with Crippen LogP contribution in [0.2, 0.25) is 0 Å². The van der Waals surface area contributed by atoms with Crippen molar-refractivity contribution in [2.24, 2.45) is 11.8 Å². The van der Waals surface area contributed by atoms with E-state index in [0.29, 0.717) is 26.2 Å². The summed E-state index contributed by atoms with van der Waals surface area (Å²) in [5, 5.41) is 9.23. The lowest BCUT2D eigenvalue weighted by Crippen LogP contribution is -2.53. The maximum atomic E-state index is 14.7. The third-order valence-electron chi connectivity index (χ3n) is 9.73. The van der Waals surface area contributed by atoms with Crippen molar-refractivity contribution in [1.82, 2.24) is 9.80 Å². The van der Waals surface area contributed by atoms with Gasteiger partial charge in [0.25, 0.3) is 5.91 Å². The topological polar surface area (TPSA) is 84.4 Å². The Bertz CT molecular complexity index is 1250. The fraction of sp³-hybridized carbons (Fsp3) is 0.618. The third kappa shape index (κ3) is 5.52. The number of likely N-dealkylation sites (tertiary alicyclic amines) is 1. The summed E-state index contributed by atoms with van der Waals surface area (Å²) in [5.41, 5.74) is 1.93. The fourth-order valence-electron chi connectivity index (χ4n) is 7.69. The van der Waals surface area contributed by atoms with Gasteiger partial charge in [0.05, 0.1) is 16.6 Å². The monoisotopic (exact) mass is 608 g/mol. The van der Waals surface area contributed by atoms with Crippen LogP contribution in [0.5, 0.6) is 0 Å². The van der Waals surface area contributed by atoms with Crippen molar-refractivity contribution in [1.29, 1.82) is 0 Å². The summed E-state index contributed by atoms with van der Waals surface area (Å²) in [6, 6.07) is 7.45. The lowest BCUT2D eigenvalue weighted by atomic mass is 9.74. The van der Waals surface area contributed by atoms with E-state index in [4.69, 9.17) is 0 Å². The Balaban J connectivity index is 1.53. The van der Waals surface area contributed by atoms with Crippen LogP contribution in [0.3, 0.4) is 0 Å². The Kier molecular flexibility index (Phi) is 9.61. The first-order chi connectivity index (χ1) is 20.8. The van der Waals surface area contributed by atoms with Gasteiger partial charge in [0.2, 0.25) is 11.8 Å². The molecule has 234 valence electrons. The number of unbranched alkanes of at least 4 members (excludes halogenated alkanes) is 3. The summed E-state index contributed by atoms with van der Waals surface area (Å²) < 4.78 is -1.42. The molecule has 1 aromatic rings. The molecule has 8 nitrogen and oxygen atoms in total. The van der Waals surface area contributed by atoms with Crippen LogP contribution in [0.4, 0.5) is 11.4 Å². The minimum Gasteiger partial charge on any atom is -0.396 e. The maximum Gasteiger partial charge on any atom is 0.251 e. The predicted octanol–water partition coefficient (Wildman–Crippen LogP) is 4.48. The summed E-state index contributed by atoms with van der Waals surface area (Å²) in [6.45, 7) is 12.5. The molecule has 4 heterocycles. The average Bonchev–Trinajstić information content (AvgIpc) is 3.26. The molecule has 0 radical (unpaired) electrons. The molecule has 3 amide bonds. The number of anilines is 2. The summed E-state index contributed by atoms with van der Waals surface area (Å²) in [4.78, 5) is 51.2. The molecule has 0 saturated carbocycles. The number of thioether (sulfide) groups is 1. The lowest BCUT2D eigenvalue weighted by Gasteiger charge is -2.37. The van der Waals surface area contributed by atoms with Crippen molar-refractivity contribution in [3.8, 4) is 0 Å². The zero-order chi connectivity index (χ0) is 30.8. The Morgan fingerprint density at radius 3 is 2.23 bits per heavy atom. The first-order valence-electron chi connectivity index (χ1n) is 16.2. The average molecular weight is 609 g/mol. The first kappa shape index (κ1) is 31.6. The normalized spacial score (nSPS) is 29.9. The predicted molar refractivity (Wildman–Crippen MR) is 174 cm³/mol. The van der Waals surface area contributed by atoms with Crippen LogP contribution in [-0.2, 0) is 14.4 Å². The van der Waals surface area contributed by atoms with E-state index < -0.39 is 27.4 Å². The minimum atomic E-state index is -0.830. The third-order valence-corrected chi connectivity index (χ3v) is 11.5. The molecule has 2 saturated heterocycles. The van der Waals surface area contributed by atoms with E-state index in [1.807, 2.05) is 28.0 Å². The molecule has 0 aromatic heterocycles. The second-order valence-electron chi connectivity index (χ2n) is 12.4. The smallest absolute Gasteiger partial charge is 0.251 e. The number of rotatable bonds is 12. The standard InChI is InChI=1S/C34H48N4O4S/c1-5-20-36-21-12-18-33(4)27(30(36)40)28-31(41)38(22-10-8-9-11-24-39)29-32(42)37(23-13-19-34(28,29)43-33)26-16-14-25(15-17-26)35(6-2)7-3/h12-19,27-29,39H,5-11,20-24H2,1-4H3/t27-,28-,29?,33+,34-/m0/s1. The van der Waals surface area contributed by atoms with E-state index in [1.54, 1.807) is 16.7 Å². The van der Waals surface area contributed by atoms with Crippen molar-refractivity contribution >= 4 is 40.9 Å². The largest absolute Gasteiger partial charge is 0.396 e. The van der Waals surface area contributed by atoms with E-state index in [2.05, 4.69) is 63.0 Å². The quantitative estimate of drug-likeness (QED) is 0.278. The van der Waals surface area contributed by atoms with Crippen molar-refractivity contribution in [2.45, 2.75) is 75.3 Å². The molecular formula is C34H48N4O4S. The Morgan fingerprint density at radius 2 is 1.56 bits per heavy atom. The molecule has 1 unspecified atom stereocenters. The van der Waals surface area contributed by atoms with Crippen molar-refractivity contribution in [2.75, 3.05) is 55.7 Å². The fourth-order valence-corrected chi connectivity index (χ4v) is 9.85. The van der Waals surface area contributed by atoms with Gasteiger partial charge in [-0.3, -0.25) is 14.4 Å². The summed E-state index contributed by atoms with van der Waals surface area (Å²) >= 11 is 1.65. The van der Waals surface area contributed by atoms with Crippen LogP contribution in [0.25, 0.3) is 0 Å². The van der Waals surface area contributed by atoms with Crippen molar-refractivity contribution in [3.63, 3.8) is 0 Å². The summed E-state index contributed by atoms with van der Waals surface area (Å²) in [7, 11) is 0. The Morgan fingerprint density at radius 1 is 0.860 bits per heavy atom. The highest BCUT2D eigenvalue weighted by atomic mass is 32.2. The van der Waals surface area contributed by atoms with Gasteiger partial charge in [0.1, 0.15) is 6.04 Å². The van der Waals surface area contributed by atoms with Gasteiger partial charge in [0, 0.05) is 62.0 Å². The van der Waals surface area contributed by atoms with Gasteiger partial charge < -0.3 is 24.7 Å². The number of carbonyl (C=O) groups is 3. The lowest BCUT2D eigenvalue weighted by molar-refractivity contribution is -0.143. The van der Waals surface area contributed by atoms with E-state index in [0.717, 1.165) is 56.6 Å². The number of hydrogen-bond acceptors (Lipinski definition) is 6. The van der Waals surface area contributed by atoms with E-state index in [-0.39, 0.29) is 24.3 Å². The van der Waals surface area contributed by atoms with Crippen LogP contribution in [0, 0.1) is 11.8 Å². The minimum absolute atomic E-state index is 0.0227. The van der Waals surface area contributed by atoms with E-state index in [1.165, 1.54) is 0 Å². The molecular weight excluding hydrogens is 560 g/mol. The number of carbonyl (C=O) groups excluding carboxylic acids is 3. The van der Waals surface area contributed by atoms with Gasteiger partial charge in [-0.15, -0.1) is 11.8 Å². The van der Waals surface area contributed by atoms with Crippen molar-refractivity contribution < 1.29 is 19.5 Å². The Hall–Kier alpha value is -2.78. The molecule has 0 bridgehead atoms. The highest BCUT2D eigenvalue weighted by molar-refractivity contribution is 8.02. The summed E-state index contributed by atoms with van der Waals surface area (Å²) in [5.74, 6) is -1.28. The first-order valence-corrected chi connectivity index (χ1v) is 17.0. The van der Waals surface area contributed by atoms with Crippen molar-refractivity contribution in [3.05, 3.63) is 48.6 Å². The molecule has 5 atom stereocenters. The Labute approximate surface area is 261 Å². The number of benzene rings is 1. The number of aliphatic hydroxyl groups is 1. The molecule has 5 rings (SSSR count). The van der Waals surface area contributed by atoms with Gasteiger partial charge in [-0.1, -0.05) is 44.1 Å². The molecule has 4 aliphatic rings. The van der Waals surface area contributed by atoms with Crippen LogP contribution < -0.4 is 9.80 Å². The molecule has 9 heteroatoms. The highest BCUT2D eigenvalue weighted by Gasteiger charge is 2.73.